The number of amides is 2. The summed E-state index contributed by atoms with van der Waals surface area (Å²) in [4.78, 5) is 32.0. The van der Waals surface area contributed by atoms with E-state index in [0.29, 0.717) is 19.4 Å². The number of fused-ring (bicyclic) bond motifs is 2. The van der Waals surface area contributed by atoms with E-state index in [4.69, 9.17) is 0 Å². The molecule has 3 atom stereocenters. The van der Waals surface area contributed by atoms with E-state index >= 15 is 0 Å². The monoisotopic (exact) mass is 394 g/mol. The van der Waals surface area contributed by atoms with Gasteiger partial charge in [0, 0.05) is 47.5 Å². The maximum absolute atomic E-state index is 13.1. The number of aromatic amines is 1. The molecule has 2 fully saturated rings. The van der Waals surface area contributed by atoms with Crippen molar-refractivity contribution in [3.63, 3.8) is 0 Å². The highest BCUT2D eigenvalue weighted by Crippen LogP contribution is 2.26. The van der Waals surface area contributed by atoms with Gasteiger partial charge in [-0.15, -0.1) is 11.3 Å². The van der Waals surface area contributed by atoms with E-state index < -0.39 is 6.04 Å². The van der Waals surface area contributed by atoms with Gasteiger partial charge in [0.1, 0.15) is 12.1 Å². The van der Waals surface area contributed by atoms with Crippen LogP contribution in [-0.4, -0.2) is 46.4 Å². The number of nitrogens with zero attached hydrogens (tertiary/aromatic N) is 1. The van der Waals surface area contributed by atoms with E-state index in [0.717, 1.165) is 23.0 Å². The van der Waals surface area contributed by atoms with Crippen molar-refractivity contribution in [3.05, 3.63) is 58.4 Å². The normalized spacial score (nSPS) is 24.6. The molecule has 3 N–H and O–H groups in total. The number of hydrogen-bond acceptors (Lipinski definition) is 4. The number of hydrogen-bond donors (Lipinski definition) is 3. The second-order valence-electron chi connectivity index (χ2n) is 7.52. The lowest BCUT2D eigenvalue weighted by Gasteiger charge is -2.34. The van der Waals surface area contributed by atoms with Crippen LogP contribution in [0.1, 0.15) is 16.9 Å². The highest BCUT2D eigenvalue weighted by Gasteiger charge is 2.46. The molecule has 144 valence electrons. The van der Waals surface area contributed by atoms with Crippen molar-refractivity contribution in [2.75, 3.05) is 6.54 Å². The van der Waals surface area contributed by atoms with Crippen molar-refractivity contribution < 1.29 is 9.59 Å². The van der Waals surface area contributed by atoms with Crippen molar-refractivity contribution in [2.24, 2.45) is 0 Å². The Morgan fingerprint density at radius 1 is 1.18 bits per heavy atom. The fourth-order valence-corrected chi connectivity index (χ4v) is 4.98. The Labute approximate surface area is 166 Å². The standard InChI is InChI=1S/C21H22N4O2S/c26-20-19-9-14(22-11-15-4-3-7-28-15)12-25(19)21(27)18(24-20)8-13-10-23-17-6-2-1-5-16(13)17/h1-7,10,14,18-19,22-23H,8-9,11-12H2,(H,24,26)/t14-,18-,19-/m0/s1. The number of piperazine rings is 1. The van der Waals surface area contributed by atoms with Crippen LogP contribution in [0.2, 0.25) is 0 Å². The van der Waals surface area contributed by atoms with Crippen molar-refractivity contribution in [3.8, 4) is 0 Å². The zero-order valence-corrected chi connectivity index (χ0v) is 16.2. The predicted molar refractivity (Wildman–Crippen MR) is 109 cm³/mol. The number of para-hydroxylation sites is 1. The van der Waals surface area contributed by atoms with Gasteiger partial charge in [-0.1, -0.05) is 24.3 Å². The van der Waals surface area contributed by atoms with Crippen LogP contribution in [0, 0.1) is 0 Å². The van der Waals surface area contributed by atoms with Crippen LogP contribution in [0.4, 0.5) is 0 Å². The molecule has 0 aliphatic carbocycles. The number of aromatic nitrogens is 1. The molecule has 6 nitrogen and oxygen atoms in total. The lowest BCUT2D eigenvalue weighted by molar-refractivity contribution is -0.146. The van der Waals surface area contributed by atoms with E-state index in [1.165, 1.54) is 4.88 Å². The Morgan fingerprint density at radius 3 is 2.93 bits per heavy atom. The van der Waals surface area contributed by atoms with Gasteiger partial charge in [-0.05, 0) is 29.5 Å². The summed E-state index contributed by atoms with van der Waals surface area (Å²) in [6.07, 6.45) is 3.11. The maximum Gasteiger partial charge on any atom is 0.246 e. The van der Waals surface area contributed by atoms with Gasteiger partial charge in [0.05, 0.1) is 0 Å². The lowest BCUT2D eigenvalue weighted by atomic mass is 10.0. The van der Waals surface area contributed by atoms with Gasteiger partial charge in [-0.2, -0.15) is 0 Å². The number of H-pyrrole nitrogens is 1. The molecule has 2 saturated heterocycles. The van der Waals surface area contributed by atoms with Crippen LogP contribution in [0.3, 0.4) is 0 Å². The molecular weight excluding hydrogens is 372 g/mol. The van der Waals surface area contributed by atoms with Crippen LogP contribution in [0.5, 0.6) is 0 Å². The highest BCUT2D eigenvalue weighted by atomic mass is 32.1. The lowest BCUT2D eigenvalue weighted by Crippen LogP contribution is -2.61. The van der Waals surface area contributed by atoms with Crippen molar-refractivity contribution in [1.29, 1.82) is 0 Å². The minimum Gasteiger partial charge on any atom is -0.361 e. The molecule has 28 heavy (non-hydrogen) atoms. The van der Waals surface area contributed by atoms with Crippen molar-refractivity contribution >= 4 is 34.1 Å². The molecule has 2 amide bonds. The fourth-order valence-electron chi connectivity index (χ4n) is 4.32. The summed E-state index contributed by atoms with van der Waals surface area (Å²) in [5.74, 6) is -0.0137. The number of rotatable bonds is 5. The van der Waals surface area contributed by atoms with Gasteiger partial charge >= 0.3 is 0 Å². The number of benzene rings is 1. The van der Waals surface area contributed by atoms with Crippen LogP contribution in [0.15, 0.2) is 48.0 Å². The third-order valence-corrected chi connectivity index (χ3v) is 6.62. The molecular formula is C21H22N4O2S. The molecule has 2 aromatic heterocycles. The predicted octanol–water partition coefficient (Wildman–Crippen LogP) is 2.03. The molecule has 0 unspecified atom stereocenters. The van der Waals surface area contributed by atoms with Gasteiger partial charge in [-0.3, -0.25) is 9.59 Å². The summed E-state index contributed by atoms with van der Waals surface area (Å²) in [5.41, 5.74) is 2.10. The summed E-state index contributed by atoms with van der Waals surface area (Å²) < 4.78 is 0. The zero-order valence-electron chi connectivity index (χ0n) is 15.4. The minimum absolute atomic E-state index is 0.0234. The third-order valence-electron chi connectivity index (χ3n) is 5.75. The van der Waals surface area contributed by atoms with Gasteiger partial charge in [0.2, 0.25) is 11.8 Å². The molecule has 0 spiro atoms. The first-order valence-corrected chi connectivity index (χ1v) is 10.5. The van der Waals surface area contributed by atoms with E-state index in [1.54, 1.807) is 16.2 Å². The van der Waals surface area contributed by atoms with Crippen LogP contribution >= 0.6 is 11.3 Å². The third kappa shape index (κ3) is 3.10. The SMILES string of the molecule is O=C1N[C@@H](Cc2c[nH]c3ccccc23)C(=O)N2C[C@@H](NCc3cccs3)C[C@@H]12. The second-order valence-corrected chi connectivity index (χ2v) is 8.56. The second kappa shape index (κ2) is 7.07. The molecule has 3 aromatic rings. The molecule has 7 heteroatoms. The van der Waals surface area contributed by atoms with E-state index in [2.05, 4.69) is 27.1 Å². The number of carbonyl (C=O) groups is 2. The average Bonchev–Trinajstić information content (AvgIpc) is 3.44. The molecule has 2 aliphatic heterocycles. The van der Waals surface area contributed by atoms with Crippen LogP contribution < -0.4 is 10.6 Å². The first-order valence-electron chi connectivity index (χ1n) is 9.60. The maximum atomic E-state index is 13.1. The molecule has 0 radical (unpaired) electrons. The largest absolute Gasteiger partial charge is 0.361 e. The van der Waals surface area contributed by atoms with Crippen LogP contribution in [0.25, 0.3) is 10.9 Å². The highest BCUT2D eigenvalue weighted by molar-refractivity contribution is 7.09. The number of carbonyl (C=O) groups excluding carboxylic acids is 2. The Balaban J connectivity index is 1.28. The summed E-state index contributed by atoms with van der Waals surface area (Å²) in [7, 11) is 0. The van der Waals surface area contributed by atoms with Gasteiger partial charge < -0.3 is 20.5 Å². The summed E-state index contributed by atoms with van der Waals surface area (Å²) in [5, 5.41) is 9.62. The molecule has 5 rings (SSSR count). The average molecular weight is 395 g/mol. The van der Waals surface area contributed by atoms with E-state index in [-0.39, 0.29) is 23.9 Å². The zero-order chi connectivity index (χ0) is 19.1. The Bertz CT molecular complexity index is 1010. The van der Waals surface area contributed by atoms with Crippen molar-refractivity contribution in [2.45, 2.75) is 37.5 Å². The van der Waals surface area contributed by atoms with Gasteiger partial charge in [0.25, 0.3) is 0 Å². The summed E-state index contributed by atoms with van der Waals surface area (Å²) in [6.45, 7) is 1.37. The summed E-state index contributed by atoms with van der Waals surface area (Å²) >= 11 is 1.71. The van der Waals surface area contributed by atoms with Gasteiger partial charge in [-0.25, -0.2) is 0 Å². The number of nitrogens with one attached hydrogen (secondary N) is 3. The van der Waals surface area contributed by atoms with Crippen LogP contribution in [-0.2, 0) is 22.6 Å². The molecule has 0 saturated carbocycles. The number of thiophene rings is 1. The molecule has 4 heterocycles. The Hall–Kier alpha value is -2.64. The molecule has 1 aromatic carbocycles. The molecule has 0 bridgehead atoms. The Morgan fingerprint density at radius 2 is 2.07 bits per heavy atom. The first-order chi connectivity index (χ1) is 13.7. The molecule has 2 aliphatic rings. The van der Waals surface area contributed by atoms with E-state index in [1.807, 2.05) is 36.5 Å². The smallest absolute Gasteiger partial charge is 0.246 e. The first kappa shape index (κ1) is 17.5. The van der Waals surface area contributed by atoms with Gasteiger partial charge in [0.15, 0.2) is 0 Å². The van der Waals surface area contributed by atoms with E-state index in [9.17, 15) is 9.59 Å². The Kier molecular flexibility index (Phi) is 4.41. The quantitative estimate of drug-likeness (QED) is 0.620. The minimum atomic E-state index is -0.501. The topological polar surface area (TPSA) is 77.2 Å². The van der Waals surface area contributed by atoms with Crippen molar-refractivity contribution in [1.82, 2.24) is 20.5 Å². The fraction of sp³-hybridized carbons (Fsp3) is 0.333. The summed E-state index contributed by atoms with van der Waals surface area (Å²) in [6, 6.07) is 11.4.